The molecule has 0 radical (unpaired) electrons. The van der Waals surface area contributed by atoms with E-state index in [-0.39, 0.29) is 11.8 Å². The second-order valence-corrected chi connectivity index (χ2v) is 8.79. The van der Waals surface area contributed by atoms with Crippen LogP contribution in [-0.2, 0) is 36.3 Å². The lowest BCUT2D eigenvalue weighted by atomic mass is 10.0. The number of morpholine rings is 1. The third-order valence-electron chi connectivity index (χ3n) is 6.54. The van der Waals surface area contributed by atoms with Gasteiger partial charge in [-0.2, -0.15) is 5.10 Å². The largest absolute Gasteiger partial charge is 0.487 e. The number of fused-ring (bicyclic) bond motifs is 1. The van der Waals surface area contributed by atoms with E-state index in [0.29, 0.717) is 43.0 Å². The third kappa shape index (κ3) is 4.38. The van der Waals surface area contributed by atoms with E-state index in [9.17, 15) is 9.59 Å². The normalized spacial score (nSPS) is 21.3. The van der Waals surface area contributed by atoms with Crippen LogP contribution in [-0.4, -0.2) is 63.7 Å². The molecule has 0 spiro atoms. The quantitative estimate of drug-likeness (QED) is 0.718. The van der Waals surface area contributed by atoms with Crippen molar-refractivity contribution in [3.8, 4) is 5.75 Å². The number of aryl methyl sites for hydroxylation is 1. The highest BCUT2D eigenvalue weighted by molar-refractivity contribution is 6.02. The zero-order chi connectivity index (χ0) is 22.9. The molecule has 9 nitrogen and oxygen atoms in total. The average molecular weight is 452 g/mol. The van der Waals surface area contributed by atoms with Crippen molar-refractivity contribution in [1.29, 1.82) is 0 Å². The van der Waals surface area contributed by atoms with E-state index in [1.807, 2.05) is 23.9 Å². The first-order chi connectivity index (χ1) is 16.0. The second-order valence-electron chi connectivity index (χ2n) is 8.79. The minimum Gasteiger partial charge on any atom is -0.487 e. The fraction of sp³-hybridized carbons (Fsp3) is 0.458. The molecule has 0 aliphatic carbocycles. The molecule has 1 N–H and O–H groups in total. The summed E-state index contributed by atoms with van der Waals surface area (Å²) in [6.07, 6.45) is 1.26. The van der Waals surface area contributed by atoms with Crippen molar-refractivity contribution < 1.29 is 19.1 Å². The minimum atomic E-state index is -0.484. The maximum absolute atomic E-state index is 13.0. The Morgan fingerprint density at radius 1 is 1.27 bits per heavy atom. The zero-order valence-corrected chi connectivity index (χ0v) is 18.9. The molecule has 5 rings (SSSR count). The summed E-state index contributed by atoms with van der Waals surface area (Å²) in [5.41, 5.74) is 4.08. The van der Waals surface area contributed by atoms with Gasteiger partial charge in [-0.05, 0) is 31.0 Å². The Labute approximate surface area is 192 Å². The van der Waals surface area contributed by atoms with Gasteiger partial charge in [0.15, 0.2) is 0 Å². The average Bonchev–Trinajstić information content (AvgIpc) is 3.33. The van der Waals surface area contributed by atoms with Gasteiger partial charge in [-0.1, -0.05) is 12.6 Å². The van der Waals surface area contributed by atoms with Crippen LogP contribution in [0.5, 0.6) is 5.75 Å². The number of piperidine rings is 1. The van der Waals surface area contributed by atoms with E-state index >= 15 is 0 Å². The number of allylic oxidation sites excluding steroid dienone is 1. The van der Waals surface area contributed by atoms with E-state index in [1.165, 1.54) is 0 Å². The van der Waals surface area contributed by atoms with E-state index in [0.717, 1.165) is 49.8 Å². The molecule has 0 saturated carbocycles. The van der Waals surface area contributed by atoms with Gasteiger partial charge >= 0.3 is 0 Å². The van der Waals surface area contributed by atoms with Crippen LogP contribution in [0.3, 0.4) is 0 Å². The number of aromatic nitrogens is 2. The number of carbonyl (C=O) groups is 2. The molecule has 1 aromatic heterocycles. The molecule has 1 atom stereocenters. The number of nitrogens with zero attached hydrogens (tertiary/aromatic N) is 4. The molecule has 4 heterocycles. The maximum Gasteiger partial charge on any atom is 0.255 e. The van der Waals surface area contributed by atoms with Gasteiger partial charge in [0.05, 0.1) is 25.5 Å². The molecule has 33 heavy (non-hydrogen) atoms. The summed E-state index contributed by atoms with van der Waals surface area (Å²) in [5.74, 6) is 0.356. The number of carbonyl (C=O) groups excluding carboxylic acids is 2. The van der Waals surface area contributed by atoms with Gasteiger partial charge in [0.1, 0.15) is 24.1 Å². The second kappa shape index (κ2) is 8.99. The summed E-state index contributed by atoms with van der Waals surface area (Å²) in [5, 5.41) is 7.37. The van der Waals surface area contributed by atoms with Crippen LogP contribution in [0.25, 0.3) is 0 Å². The molecule has 1 aromatic carbocycles. The molecule has 174 valence electrons. The zero-order valence-electron chi connectivity index (χ0n) is 18.9. The number of amides is 2. The van der Waals surface area contributed by atoms with Crippen LogP contribution in [0.1, 0.15) is 40.2 Å². The third-order valence-corrected chi connectivity index (χ3v) is 6.54. The SMILES string of the molecule is C=C1CCC(N2Cc3c(OCc4cc(CN5CCOCC5)n(C)n4)cccc3C2=O)C(=O)N1. The number of hydrogen-bond donors (Lipinski definition) is 1. The van der Waals surface area contributed by atoms with Gasteiger partial charge in [0, 0.05) is 43.5 Å². The van der Waals surface area contributed by atoms with Crippen LogP contribution in [0.4, 0.5) is 0 Å². The summed E-state index contributed by atoms with van der Waals surface area (Å²) in [6.45, 7) is 8.69. The first kappa shape index (κ1) is 21.7. The van der Waals surface area contributed by atoms with E-state index in [4.69, 9.17) is 9.47 Å². The monoisotopic (exact) mass is 451 g/mol. The van der Waals surface area contributed by atoms with Crippen molar-refractivity contribution in [2.24, 2.45) is 7.05 Å². The van der Waals surface area contributed by atoms with Crippen molar-refractivity contribution in [3.63, 3.8) is 0 Å². The van der Waals surface area contributed by atoms with Crippen molar-refractivity contribution in [3.05, 3.63) is 59.1 Å². The summed E-state index contributed by atoms with van der Waals surface area (Å²) in [6, 6.07) is 7.07. The van der Waals surface area contributed by atoms with Crippen LogP contribution in [0, 0.1) is 0 Å². The predicted molar refractivity (Wildman–Crippen MR) is 120 cm³/mol. The Morgan fingerprint density at radius 2 is 2.09 bits per heavy atom. The summed E-state index contributed by atoms with van der Waals surface area (Å²) in [4.78, 5) is 29.5. The fourth-order valence-corrected chi connectivity index (χ4v) is 4.70. The van der Waals surface area contributed by atoms with Gasteiger partial charge < -0.3 is 19.7 Å². The first-order valence-corrected chi connectivity index (χ1v) is 11.4. The Morgan fingerprint density at radius 3 is 2.88 bits per heavy atom. The Kier molecular flexibility index (Phi) is 5.90. The molecular weight excluding hydrogens is 422 g/mol. The minimum absolute atomic E-state index is 0.131. The predicted octanol–water partition coefficient (Wildman–Crippen LogP) is 1.58. The van der Waals surface area contributed by atoms with Crippen LogP contribution in [0.15, 0.2) is 36.5 Å². The molecule has 3 aliphatic heterocycles. The Balaban J connectivity index is 1.26. The topological polar surface area (TPSA) is 88.9 Å². The van der Waals surface area contributed by atoms with E-state index in [2.05, 4.69) is 28.0 Å². The number of nitrogens with one attached hydrogen (secondary N) is 1. The summed E-state index contributed by atoms with van der Waals surface area (Å²) >= 11 is 0. The molecule has 1 unspecified atom stereocenters. The van der Waals surface area contributed by atoms with Crippen molar-refractivity contribution in [2.45, 2.75) is 38.6 Å². The summed E-state index contributed by atoms with van der Waals surface area (Å²) < 4.78 is 13.4. The van der Waals surface area contributed by atoms with E-state index < -0.39 is 6.04 Å². The highest BCUT2D eigenvalue weighted by atomic mass is 16.5. The molecule has 2 saturated heterocycles. The van der Waals surface area contributed by atoms with Gasteiger partial charge in [-0.25, -0.2) is 0 Å². The molecule has 0 bridgehead atoms. The number of hydrogen-bond acceptors (Lipinski definition) is 6. The van der Waals surface area contributed by atoms with Crippen LogP contribution >= 0.6 is 0 Å². The van der Waals surface area contributed by atoms with Gasteiger partial charge in [-0.3, -0.25) is 19.2 Å². The highest BCUT2D eigenvalue weighted by Gasteiger charge is 2.39. The molecule has 2 aromatic rings. The van der Waals surface area contributed by atoms with Crippen molar-refractivity contribution in [1.82, 2.24) is 24.9 Å². The standard InChI is InChI=1S/C24H29N5O4/c1-16-6-7-21(23(30)25-16)29-14-20-19(24(29)31)4-3-5-22(20)33-15-17-12-18(27(2)26-17)13-28-8-10-32-11-9-28/h3-5,12,21H,1,6-11,13-15H2,2H3,(H,25,30). The lowest BCUT2D eigenvalue weighted by molar-refractivity contribution is -0.126. The Hall–Kier alpha value is -3.17. The van der Waals surface area contributed by atoms with Crippen molar-refractivity contribution in [2.75, 3.05) is 26.3 Å². The first-order valence-electron chi connectivity index (χ1n) is 11.4. The lowest BCUT2D eigenvalue weighted by Crippen LogP contribution is -2.49. The summed E-state index contributed by atoms with van der Waals surface area (Å²) in [7, 11) is 1.94. The maximum atomic E-state index is 13.0. The molecular formula is C24H29N5O4. The van der Waals surface area contributed by atoms with Crippen LogP contribution in [0.2, 0.25) is 0 Å². The van der Waals surface area contributed by atoms with Crippen molar-refractivity contribution >= 4 is 11.8 Å². The Bertz CT molecular complexity index is 1090. The fourth-order valence-electron chi connectivity index (χ4n) is 4.70. The molecule has 2 amide bonds. The number of benzene rings is 1. The molecule has 3 aliphatic rings. The van der Waals surface area contributed by atoms with Gasteiger partial charge in [0.25, 0.3) is 5.91 Å². The smallest absolute Gasteiger partial charge is 0.255 e. The van der Waals surface area contributed by atoms with Gasteiger partial charge in [-0.15, -0.1) is 0 Å². The molecule has 9 heteroatoms. The van der Waals surface area contributed by atoms with E-state index in [1.54, 1.807) is 11.0 Å². The lowest BCUT2D eigenvalue weighted by Gasteiger charge is -2.31. The van der Waals surface area contributed by atoms with Crippen LogP contribution < -0.4 is 10.1 Å². The van der Waals surface area contributed by atoms with Gasteiger partial charge in [0.2, 0.25) is 5.91 Å². The highest BCUT2D eigenvalue weighted by Crippen LogP contribution is 2.34. The number of ether oxygens (including phenoxy) is 2. The molecule has 2 fully saturated rings. The number of rotatable bonds is 6.